The smallest absolute Gasteiger partial charge is 0.410 e. The van der Waals surface area contributed by atoms with Crippen LogP contribution in [-0.4, -0.2) is 35.2 Å². The van der Waals surface area contributed by atoms with Gasteiger partial charge in [0.05, 0.1) is 10.5 Å². The molecule has 2 N–H and O–H groups in total. The van der Waals surface area contributed by atoms with Gasteiger partial charge in [-0.2, -0.15) is 0 Å². The van der Waals surface area contributed by atoms with Gasteiger partial charge in [0.25, 0.3) is 0 Å². The number of hydrogen-bond donors (Lipinski definition) is 1. The summed E-state index contributed by atoms with van der Waals surface area (Å²) >= 11 is 3.22. The number of carbonyl (C=O) groups excluding carboxylic acids is 1. The Morgan fingerprint density at radius 1 is 1.46 bits per heavy atom. The first kappa shape index (κ1) is 17.7. The van der Waals surface area contributed by atoms with E-state index in [1.807, 2.05) is 20.8 Å². The van der Waals surface area contributed by atoms with Crippen LogP contribution in [0.15, 0.2) is 22.7 Å². The molecule has 1 saturated carbocycles. The van der Waals surface area contributed by atoms with Crippen LogP contribution in [0, 0.1) is 11.2 Å². The lowest BCUT2D eigenvalue weighted by Gasteiger charge is -2.30. The number of nitrogens with zero attached hydrogens (tertiary/aromatic N) is 1. The summed E-state index contributed by atoms with van der Waals surface area (Å²) in [7, 11) is 0. The molecule has 1 aliphatic carbocycles. The van der Waals surface area contributed by atoms with E-state index in [1.54, 1.807) is 23.1 Å². The molecule has 0 radical (unpaired) electrons. The van der Waals surface area contributed by atoms with Gasteiger partial charge in [0.2, 0.25) is 0 Å². The predicted octanol–water partition coefficient (Wildman–Crippen LogP) is 3.86. The lowest BCUT2D eigenvalue weighted by atomic mass is 9.92. The molecule has 1 spiro atoms. The minimum absolute atomic E-state index is 0.00986. The Balaban J connectivity index is 1.85. The van der Waals surface area contributed by atoms with Gasteiger partial charge in [-0.05, 0) is 67.6 Å². The predicted molar refractivity (Wildman–Crippen MR) is 94.2 cm³/mol. The molecule has 0 bridgehead atoms. The third-order valence-electron chi connectivity index (χ3n) is 4.99. The third kappa shape index (κ3) is 3.31. The van der Waals surface area contributed by atoms with E-state index in [0.29, 0.717) is 23.0 Å². The van der Waals surface area contributed by atoms with Crippen molar-refractivity contribution in [2.45, 2.75) is 57.7 Å². The molecular formula is C18H24BrFN2O2. The van der Waals surface area contributed by atoms with Gasteiger partial charge in [-0.1, -0.05) is 12.1 Å². The fourth-order valence-electron chi connectivity index (χ4n) is 3.50. The van der Waals surface area contributed by atoms with Gasteiger partial charge in [0, 0.05) is 18.0 Å². The molecule has 2 unspecified atom stereocenters. The second-order valence-corrected chi connectivity index (χ2v) is 8.84. The average molecular weight is 399 g/mol. The van der Waals surface area contributed by atoms with Crippen LogP contribution in [0.1, 0.15) is 39.2 Å². The van der Waals surface area contributed by atoms with Crippen molar-refractivity contribution in [1.29, 1.82) is 0 Å². The van der Waals surface area contributed by atoms with Gasteiger partial charge >= 0.3 is 6.09 Å². The Morgan fingerprint density at radius 3 is 2.71 bits per heavy atom. The summed E-state index contributed by atoms with van der Waals surface area (Å²) < 4.78 is 20.3. The molecule has 1 saturated heterocycles. The monoisotopic (exact) mass is 398 g/mol. The van der Waals surface area contributed by atoms with E-state index in [4.69, 9.17) is 10.5 Å². The highest BCUT2D eigenvalue weighted by Gasteiger charge is 2.59. The Bertz CT molecular complexity index is 655. The van der Waals surface area contributed by atoms with E-state index in [9.17, 15) is 9.18 Å². The second-order valence-electron chi connectivity index (χ2n) is 7.98. The maximum atomic E-state index is 14.4. The summed E-state index contributed by atoms with van der Waals surface area (Å²) in [5.74, 6) is -0.286. The molecule has 132 valence electrons. The van der Waals surface area contributed by atoms with Gasteiger partial charge in [0.1, 0.15) is 11.4 Å². The second kappa shape index (κ2) is 5.99. The van der Waals surface area contributed by atoms with E-state index in [1.165, 1.54) is 0 Å². The van der Waals surface area contributed by atoms with Crippen LogP contribution >= 0.6 is 15.9 Å². The number of carbonyl (C=O) groups is 1. The summed E-state index contributed by atoms with van der Waals surface area (Å²) in [6, 6.07) is 4.82. The molecule has 3 rings (SSSR count). The van der Waals surface area contributed by atoms with E-state index in [0.717, 1.165) is 12.8 Å². The summed E-state index contributed by atoms with van der Waals surface area (Å²) in [6.07, 6.45) is 2.07. The van der Waals surface area contributed by atoms with Crippen molar-refractivity contribution in [3.8, 4) is 0 Å². The zero-order valence-electron chi connectivity index (χ0n) is 14.3. The Morgan fingerprint density at radius 2 is 2.12 bits per heavy atom. The maximum Gasteiger partial charge on any atom is 0.410 e. The highest BCUT2D eigenvalue weighted by molar-refractivity contribution is 9.10. The van der Waals surface area contributed by atoms with Crippen LogP contribution in [0.3, 0.4) is 0 Å². The summed E-state index contributed by atoms with van der Waals surface area (Å²) in [5, 5.41) is 0. The normalized spacial score (nSPS) is 25.2. The van der Waals surface area contributed by atoms with Crippen molar-refractivity contribution in [3.05, 3.63) is 34.1 Å². The van der Waals surface area contributed by atoms with Crippen molar-refractivity contribution in [1.82, 2.24) is 4.90 Å². The maximum absolute atomic E-state index is 14.4. The molecule has 1 amide bonds. The van der Waals surface area contributed by atoms with Crippen LogP contribution < -0.4 is 5.73 Å². The highest BCUT2D eigenvalue weighted by atomic mass is 79.9. The molecule has 4 nitrogen and oxygen atoms in total. The molecular weight excluding hydrogens is 375 g/mol. The molecule has 2 aliphatic rings. The van der Waals surface area contributed by atoms with Crippen molar-refractivity contribution >= 4 is 22.0 Å². The quantitative estimate of drug-likeness (QED) is 0.822. The molecule has 1 heterocycles. The van der Waals surface area contributed by atoms with Crippen LogP contribution in [0.4, 0.5) is 9.18 Å². The number of hydrogen-bond acceptors (Lipinski definition) is 3. The number of halogens is 2. The third-order valence-corrected chi connectivity index (χ3v) is 5.60. The average Bonchev–Trinajstić information content (AvgIpc) is 3.20. The van der Waals surface area contributed by atoms with Gasteiger partial charge in [-0.3, -0.25) is 0 Å². The lowest BCUT2D eigenvalue weighted by molar-refractivity contribution is 0.0215. The number of amides is 1. The van der Waals surface area contributed by atoms with Crippen LogP contribution in [0.25, 0.3) is 0 Å². The van der Waals surface area contributed by atoms with Crippen molar-refractivity contribution in [3.63, 3.8) is 0 Å². The zero-order valence-corrected chi connectivity index (χ0v) is 15.9. The standard InChI is InChI=1S/C18H24BrFN2O2/c1-17(2,3)24-16(23)22-10-18(7-8-18)15(21)13(22)9-11-5-4-6-12(19)14(11)20/h4-6,13,15H,7-10,21H2,1-3H3. The molecule has 2 atom stereocenters. The highest BCUT2D eigenvalue weighted by Crippen LogP contribution is 2.54. The molecule has 1 aromatic rings. The minimum Gasteiger partial charge on any atom is -0.444 e. The van der Waals surface area contributed by atoms with Gasteiger partial charge in [0.15, 0.2) is 0 Å². The Hall–Kier alpha value is -1.14. The Kier molecular flexibility index (Phi) is 4.41. The van der Waals surface area contributed by atoms with Crippen LogP contribution in [0.2, 0.25) is 0 Å². The number of likely N-dealkylation sites (tertiary alicyclic amines) is 1. The summed E-state index contributed by atoms with van der Waals surface area (Å²) in [4.78, 5) is 14.3. The Labute approximate surface area is 150 Å². The fraction of sp³-hybridized carbons (Fsp3) is 0.611. The number of nitrogens with two attached hydrogens (primary N) is 1. The molecule has 1 aromatic carbocycles. The summed E-state index contributed by atoms with van der Waals surface area (Å²) in [6.45, 7) is 6.13. The van der Waals surface area contributed by atoms with Gasteiger partial charge in [-0.15, -0.1) is 0 Å². The molecule has 1 aliphatic heterocycles. The zero-order chi connectivity index (χ0) is 17.7. The van der Waals surface area contributed by atoms with E-state index in [-0.39, 0.29) is 29.4 Å². The SMILES string of the molecule is CC(C)(C)OC(=O)N1CC2(CC2)C(N)C1Cc1cccc(Br)c1F. The summed E-state index contributed by atoms with van der Waals surface area (Å²) in [5.41, 5.74) is 6.46. The van der Waals surface area contributed by atoms with Crippen LogP contribution in [0.5, 0.6) is 0 Å². The van der Waals surface area contributed by atoms with Gasteiger partial charge < -0.3 is 15.4 Å². The number of rotatable bonds is 2. The first-order chi connectivity index (χ1) is 11.1. The molecule has 6 heteroatoms. The van der Waals surface area contributed by atoms with Crippen molar-refractivity contribution < 1.29 is 13.9 Å². The van der Waals surface area contributed by atoms with Crippen LogP contribution in [-0.2, 0) is 11.2 Å². The number of benzene rings is 1. The minimum atomic E-state index is -0.563. The van der Waals surface area contributed by atoms with E-state index >= 15 is 0 Å². The van der Waals surface area contributed by atoms with Crippen molar-refractivity contribution in [2.24, 2.45) is 11.1 Å². The largest absolute Gasteiger partial charge is 0.444 e. The first-order valence-corrected chi connectivity index (χ1v) is 9.10. The lowest BCUT2D eigenvalue weighted by Crippen LogP contribution is -2.46. The van der Waals surface area contributed by atoms with Crippen molar-refractivity contribution in [2.75, 3.05) is 6.54 Å². The van der Waals surface area contributed by atoms with Gasteiger partial charge in [-0.25, -0.2) is 9.18 Å². The molecule has 24 heavy (non-hydrogen) atoms. The van der Waals surface area contributed by atoms with E-state index in [2.05, 4.69) is 15.9 Å². The topological polar surface area (TPSA) is 55.6 Å². The first-order valence-electron chi connectivity index (χ1n) is 8.31. The molecule has 2 fully saturated rings. The van der Waals surface area contributed by atoms with E-state index < -0.39 is 5.60 Å². The fourth-order valence-corrected chi connectivity index (χ4v) is 3.91. The molecule has 0 aromatic heterocycles. The number of ether oxygens (including phenoxy) is 1.